The highest BCUT2D eigenvalue weighted by Crippen LogP contribution is 2.22. The fourth-order valence-electron chi connectivity index (χ4n) is 2.15. The van der Waals surface area contributed by atoms with Gasteiger partial charge in [0.2, 0.25) is 5.91 Å². The molecule has 1 aromatic rings. The SMILES string of the molecule is CCCNc1cccc(N2CCC(C(N)=O)C2)n1. The number of nitrogens with two attached hydrogens (primary N) is 1. The second kappa shape index (κ2) is 5.71. The lowest BCUT2D eigenvalue weighted by Crippen LogP contribution is -2.27. The Morgan fingerprint density at radius 2 is 2.44 bits per heavy atom. The van der Waals surface area contributed by atoms with Crippen LogP contribution in [0.15, 0.2) is 18.2 Å². The molecular formula is C13H20N4O. The minimum atomic E-state index is -0.210. The van der Waals surface area contributed by atoms with E-state index in [2.05, 4.69) is 22.1 Å². The maximum absolute atomic E-state index is 11.1. The van der Waals surface area contributed by atoms with E-state index in [4.69, 9.17) is 5.73 Å². The van der Waals surface area contributed by atoms with Crippen LogP contribution in [0.5, 0.6) is 0 Å². The lowest BCUT2D eigenvalue weighted by Gasteiger charge is -2.17. The number of nitrogens with one attached hydrogen (secondary N) is 1. The van der Waals surface area contributed by atoms with Crippen LogP contribution >= 0.6 is 0 Å². The largest absolute Gasteiger partial charge is 0.370 e. The molecule has 1 saturated heterocycles. The molecule has 1 atom stereocenters. The Hall–Kier alpha value is -1.78. The van der Waals surface area contributed by atoms with Crippen LogP contribution in [-0.4, -0.2) is 30.5 Å². The van der Waals surface area contributed by atoms with E-state index < -0.39 is 0 Å². The summed E-state index contributed by atoms with van der Waals surface area (Å²) in [6.45, 7) is 4.56. The van der Waals surface area contributed by atoms with Crippen molar-refractivity contribution >= 4 is 17.5 Å². The number of carbonyl (C=O) groups excluding carboxylic acids is 1. The summed E-state index contributed by atoms with van der Waals surface area (Å²) in [5, 5.41) is 3.26. The monoisotopic (exact) mass is 248 g/mol. The summed E-state index contributed by atoms with van der Waals surface area (Å²) in [5.41, 5.74) is 5.34. The highest BCUT2D eigenvalue weighted by Gasteiger charge is 2.27. The molecule has 1 fully saturated rings. The zero-order valence-electron chi connectivity index (χ0n) is 10.7. The van der Waals surface area contributed by atoms with Gasteiger partial charge in [-0.2, -0.15) is 0 Å². The van der Waals surface area contributed by atoms with Gasteiger partial charge in [0.1, 0.15) is 11.6 Å². The van der Waals surface area contributed by atoms with Crippen molar-refractivity contribution in [3.8, 4) is 0 Å². The first-order chi connectivity index (χ1) is 8.70. The smallest absolute Gasteiger partial charge is 0.222 e. The molecule has 1 aromatic heterocycles. The molecule has 3 N–H and O–H groups in total. The van der Waals surface area contributed by atoms with Crippen molar-refractivity contribution in [2.45, 2.75) is 19.8 Å². The molecule has 0 radical (unpaired) electrons. The average Bonchev–Trinajstić information content (AvgIpc) is 2.86. The van der Waals surface area contributed by atoms with Crippen molar-refractivity contribution in [3.63, 3.8) is 0 Å². The molecule has 1 aliphatic heterocycles. The van der Waals surface area contributed by atoms with E-state index >= 15 is 0 Å². The standard InChI is InChI=1S/C13H20N4O/c1-2-7-15-11-4-3-5-12(16-11)17-8-6-10(9-17)13(14)18/h3-5,10H,2,6-9H2,1H3,(H2,14,18)(H,15,16). The van der Waals surface area contributed by atoms with Crippen LogP contribution in [-0.2, 0) is 4.79 Å². The normalized spacial score (nSPS) is 18.9. The second-order valence-corrected chi connectivity index (χ2v) is 4.64. The van der Waals surface area contributed by atoms with Crippen molar-refractivity contribution < 1.29 is 4.79 Å². The molecule has 2 heterocycles. The molecule has 0 aliphatic carbocycles. The molecule has 1 unspecified atom stereocenters. The van der Waals surface area contributed by atoms with Gasteiger partial charge in [0, 0.05) is 19.6 Å². The summed E-state index contributed by atoms with van der Waals surface area (Å²) in [6.07, 6.45) is 1.89. The van der Waals surface area contributed by atoms with Gasteiger partial charge < -0.3 is 16.0 Å². The van der Waals surface area contributed by atoms with Crippen LogP contribution in [0.3, 0.4) is 0 Å². The van der Waals surface area contributed by atoms with Crippen LogP contribution in [0.2, 0.25) is 0 Å². The first kappa shape index (κ1) is 12.7. The van der Waals surface area contributed by atoms with Crippen LogP contribution in [0, 0.1) is 5.92 Å². The maximum Gasteiger partial charge on any atom is 0.222 e. The summed E-state index contributed by atoms with van der Waals surface area (Å²) in [7, 11) is 0. The number of hydrogen-bond acceptors (Lipinski definition) is 4. The van der Waals surface area contributed by atoms with Gasteiger partial charge in [-0.1, -0.05) is 13.0 Å². The van der Waals surface area contributed by atoms with E-state index in [0.717, 1.165) is 37.6 Å². The van der Waals surface area contributed by atoms with E-state index in [1.165, 1.54) is 0 Å². The van der Waals surface area contributed by atoms with Crippen molar-refractivity contribution in [2.75, 3.05) is 29.9 Å². The third-order valence-corrected chi connectivity index (χ3v) is 3.21. The van der Waals surface area contributed by atoms with Crippen LogP contribution < -0.4 is 16.0 Å². The van der Waals surface area contributed by atoms with E-state index in [1.54, 1.807) is 0 Å². The van der Waals surface area contributed by atoms with Gasteiger partial charge >= 0.3 is 0 Å². The summed E-state index contributed by atoms with van der Waals surface area (Å²) >= 11 is 0. The second-order valence-electron chi connectivity index (χ2n) is 4.64. The molecule has 5 nitrogen and oxygen atoms in total. The molecule has 18 heavy (non-hydrogen) atoms. The average molecular weight is 248 g/mol. The summed E-state index contributed by atoms with van der Waals surface area (Å²) in [4.78, 5) is 17.8. The van der Waals surface area contributed by atoms with Gasteiger partial charge in [-0.3, -0.25) is 4.79 Å². The lowest BCUT2D eigenvalue weighted by atomic mass is 10.1. The van der Waals surface area contributed by atoms with Gasteiger partial charge in [-0.15, -0.1) is 0 Å². The number of rotatable bonds is 5. The fraction of sp³-hybridized carbons (Fsp3) is 0.538. The minimum absolute atomic E-state index is 0.0425. The Balaban J connectivity index is 2.03. The van der Waals surface area contributed by atoms with Crippen LogP contribution in [0.4, 0.5) is 11.6 Å². The molecule has 1 amide bonds. The van der Waals surface area contributed by atoms with Crippen LogP contribution in [0.1, 0.15) is 19.8 Å². The van der Waals surface area contributed by atoms with Crippen molar-refractivity contribution in [1.82, 2.24) is 4.98 Å². The predicted molar refractivity (Wildman–Crippen MR) is 72.5 cm³/mol. The van der Waals surface area contributed by atoms with E-state index in [-0.39, 0.29) is 11.8 Å². The topological polar surface area (TPSA) is 71.2 Å². The highest BCUT2D eigenvalue weighted by molar-refractivity contribution is 5.78. The molecule has 98 valence electrons. The van der Waals surface area contributed by atoms with E-state index in [9.17, 15) is 4.79 Å². The first-order valence-corrected chi connectivity index (χ1v) is 6.46. The number of anilines is 2. The molecule has 0 aromatic carbocycles. The van der Waals surface area contributed by atoms with Gasteiger partial charge in [0.25, 0.3) is 0 Å². The third kappa shape index (κ3) is 2.91. The number of hydrogen-bond donors (Lipinski definition) is 2. The Morgan fingerprint density at radius 1 is 1.61 bits per heavy atom. The number of primary amides is 1. The molecular weight excluding hydrogens is 228 g/mol. The molecule has 5 heteroatoms. The van der Waals surface area contributed by atoms with Crippen molar-refractivity contribution in [1.29, 1.82) is 0 Å². The Kier molecular flexibility index (Phi) is 4.02. The van der Waals surface area contributed by atoms with E-state index in [1.807, 2.05) is 18.2 Å². The minimum Gasteiger partial charge on any atom is -0.370 e. The fourth-order valence-corrected chi connectivity index (χ4v) is 2.15. The Bertz CT molecular complexity index is 421. The summed E-state index contributed by atoms with van der Waals surface area (Å²) in [5.74, 6) is 1.55. The number of carbonyl (C=O) groups is 1. The highest BCUT2D eigenvalue weighted by atomic mass is 16.1. The number of pyridine rings is 1. The molecule has 2 rings (SSSR count). The zero-order chi connectivity index (χ0) is 13.0. The Morgan fingerprint density at radius 3 is 3.11 bits per heavy atom. The quantitative estimate of drug-likeness (QED) is 0.821. The number of aromatic nitrogens is 1. The lowest BCUT2D eigenvalue weighted by molar-refractivity contribution is -0.121. The number of nitrogens with zero attached hydrogens (tertiary/aromatic N) is 2. The van der Waals surface area contributed by atoms with Gasteiger partial charge in [0.15, 0.2) is 0 Å². The van der Waals surface area contributed by atoms with Gasteiger partial charge in [-0.05, 0) is 25.0 Å². The zero-order valence-corrected chi connectivity index (χ0v) is 10.7. The summed E-state index contributed by atoms with van der Waals surface area (Å²) in [6, 6.07) is 5.92. The molecule has 0 bridgehead atoms. The van der Waals surface area contributed by atoms with E-state index in [0.29, 0.717) is 6.54 Å². The summed E-state index contributed by atoms with van der Waals surface area (Å²) < 4.78 is 0. The molecule has 0 spiro atoms. The first-order valence-electron chi connectivity index (χ1n) is 6.46. The Labute approximate surface area is 107 Å². The predicted octanol–water partition coefficient (Wildman–Crippen LogP) is 1.22. The molecule has 0 saturated carbocycles. The maximum atomic E-state index is 11.1. The third-order valence-electron chi connectivity index (χ3n) is 3.21. The number of amides is 1. The van der Waals surface area contributed by atoms with Gasteiger partial charge in [-0.25, -0.2) is 4.98 Å². The molecule has 1 aliphatic rings. The van der Waals surface area contributed by atoms with Crippen molar-refractivity contribution in [2.24, 2.45) is 11.7 Å². The van der Waals surface area contributed by atoms with Gasteiger partial charge in [0.05, 0.1) is 5.92 Å². The van der Waals surface area contributed by atoms with Crippen LogP contribution in [0.25, 0.3) is 0 Å². The van der Waals surface area contributed by atoms with Crippen molar-refractivity contribution in [3.05, 3.63) is 18.2 Å².